The van der Waals surface area contributed by atoms with Crippen LogP contribution in [0.2, 0.25) is 0 Å². The van der Waals surface area contributed by atoms with E-state index in [4.69, 9.17) is 4.42 Å². The van der Waals surface area contributed by atoms with Gasteiger partial charge >= 0.3 is 0 Å². The van der Waals surface area contributed by atoms with E-state index >= 15 is 0 Å². The summed E-state index contributed by atoms with van der Waals surface area (Å²) in [6.07, 6.45) is 0. The van der Waals surface area contributed by atoms with Crippen LogP contribution in [0.4, 0.5) is 0 Å². The zero-order chi connectivity index (χ0) is 27.9. The molecular formula is C38H23N3O. The quantitative estimate of drug-likeness (QED) is 0.220. The van der Waals surface area contributed by atoms with Crippen LogP contribution in [0.3, 0.4) is 0 Å². The molecule has 0 N–H and O–H groups in total. The number of aromatic nitrogens is 2. The van der Waals surface area contributed by atoms with Crippen LogP contribution in [-0.2, 0) is 0 Å². The summed E-state index contributed by atoms with van der Waals surface area (Å²) in [7, 11) is 0. The van der Waals surface area contributed by atoms with Gasteiger partial charge < -0.3 is 13.6 Å². The molecule has 0 saturated heterocycles. The van der Waals surface area contributed by atoms with Crippen LogP contribution < -0.4 is 0 Å². The van der Waals surface area contributed by atoms with E-state index < -0.39 is 0 Å². The third kappa shape index (κ3) is 3.00. The van der Waals surface area contributed by atoms with Gasteiger partial charge in [-0.25, -0.2) is 0 Å². The molecule has 4 heteroatoms. The lowest BCUT2D eigenvalue weighted by molar-refractivity contribution is 0.664. The first-order chi connectivity index (χ1) is 20.7. The summed E-state index contributed by atoms with van der Waals surface area (Å²) in [5, 5.41) is 16.4. The normalized spacial score (nSPS) is 11.9. The number of fused-ring (bicyclic) bond motifs is 9. The second-order valence-electron chi connectivity index (χ2n) is 11.0. The topological polar surface area (TPSA) is 46.8 Å². The largest absolute Gasteiger partial charge is 0.452 e. The molecule has 6 aromatic carbocycles. The maximum atomic E-state index is 9.59. The minimum absolute atomic E-state index is 0.651. The summed E-state index contributed by atoms with van der Waals surface area (Å²) < 4.78 is 11.5. The van der Waals surface area contributed by atoms with Crippen molar-refractivity contribution < 1.29 is 4.42 Å². The average Bonchev–Trinajstić information content (AvgIpc) is 3.68. The zero-order valence-electron chi connectivity index (χ0n) is 22.8. The number of benzene rings is 6. The van der Waals surface area contributed by atoms with Crippen LogP contribution in [0.25, 0.3) is 76.9 Å². The Balaban J connectivity index is 1.39. The van der Waals surface area contributed by atoms with Crippen LogP contribution in [0.15, 0.2) is 126 Å². The number of rotatable bonds is 2. The highest BCUT2D eigenvalue weighted by molar-refractivity contribution is 6.15. The lowest BCUT2D eigenvalue weighted by atomic mass is 10.1. The summed E-state index contributed by atoms with van der Waals surface area (Å²) in [6.45, 7) is 2.14. The first-order valence-electron chi connectivity index (χ1n) is 14.1. The Bertz CT molecular complexity index is 2600. The first-order valence-corrected chi connectivity index (χ1v) is 14.1. The van der Waals surface area contributed by atoms with Crippen molar-refractivity contribution in [3.05, 3.63) is 132 Å². The van der Waals surface area contributed by atoms with E-state index in [1.807, 2.05) is 24.3 Å². The Kier molecular flexibility index (Phi) is 4.57. The van der Waals surface area contributed by atoms with Gasteiger partial charge in [0.15, 0.2) is 11.2 Å². The predicted molar refractivity (Wildman–Crippen MR) is 172 cm³/mol. The fraction of sp³-hybridized carbons (Fsp3) is 0.0263. The monoisotopic (exact) mass is 537 g/mol. The maximum Gasteiger partial charge on any atom is 0.159 e. The maximum absolute atomic E-state index is 9.59. The van der Waals surface area contributed by atoms with Crippen molar-refractivity contribution >= 4 is 65.6 Å². The van der Waals surface area contributed by atoms with E-state index in [1.54, 1.807) is 0 Å². The van der Waals surface area contributed by atoms with Crippen molar-refractivity contribution in [2.24, 2.45) is 0 Å². The number of nitrogens with zero attached hydrogens (tertiary/aromatic N) is 3. The highest BCUT2D eigenvalue weighted by Gasteiger charge is 2.21. The Morgan fingerprint density at radius 2 is 1.00 bits per heavy atom. The number of furan rings is 1. The van der Waals surface area contributed by atoms with Crippen molar-refractivity contribution in [1.29, 1.82) is 5.26 Å². The van der Waals surface area contributed by atoms with Crippen LogP contribution in [0.5, 0.6) is 0 Å². The van der Waals surface area contributed by atoms with E-state index in [0.29, 0.717) is 5.56 Å². The molecule has 9 aromatic rings. The van der Waals surface area contributed by atoms with Crippen LogP contribution >= 0.6 is 0 Å². The van der Waals surface area contributed by atoms with Gasteiger partial charge in [-0.3, -0.25) is 0 Å². The molecule has 3 heterocycles. The predicted octanol–water partition coefficient (Wildman–Crippen LogP) is 9.96. The first kappa shape index (κ1) is 23.0. The fourth-order valence-electron chi connectivity index (χ4n) is 6.79. The second kappa shape index (κ2) is 8.36. The lowest BCUT2D eigenvalue weighted by Gasteiger charge is -2.09. The van der Waals surface area contributed by atoms with Crippen molar-refractivity contribution in [2.45, 2.75) is 6.92 Å². The Hall–Kier alpha value is -5.79. The molecule has 0 fully saturated rings. The molecule has 0 aliphatic rings. The number of hydrogen-bond acceptors (Lipinski definition) is 2. The third-order valence-electron chi connectivity index (χ3n) is 8.59. The molecule has 0 aliphatic heterocycles. The number of para-hydroxylation sites is 4. The summed E-state index contributed by atoms with van der Waals surface area (Å²) >= 11 is 0. The van der Waals surface area contributed by atoms with Crippen molar-refractivity contribution in [2.75, 3.05) is 0 Å². The Morgan fingerprint density at radius 1 is 0.500 bits per heavy atom. The molecular weight excluding hydrogens is 514 g/mol. The highest BCUT2D eigenvalue weighted by atomic mass is 16.3. The molecule has 3 aromatic heterocycles. The number of nitriles is 1. The van der Waals surface area contributed by atoms with E-state index in [0.717, 1.165) is 66.2 Å². The van der Waals surface area contributed by atoms with Gasteiger partial charge in [0, 0.05) is 32.3 Å². The summed E-state index contributed by atoms with van der Waals surface area (Å²) in [5.41, 5.74) is 10.0. The van der Waals surface area contributed by atoms with Crippen molar-refractivity contribution in [3.8, 4) is 17.4 Å². The highest BCUT2D eigenvalue weighted by Crippen LogP contribution is 2.41. The molecule has 9 rings (SSSR count). The van der Waals surface area contributed by atoms with Gasteiger partial charge in [0.05, 0.1) is 45.1 Å². The molecule has 0 aliphatic carbocycles. The summed E-state index contributed by atoms with van der Waals surface area (Å²) in [6, 6.07) is 44.6. The second-order valence-corrected chi connectivity index (χ2v) is 11.0. The zero-order valence-corrected chi connectivity index (χ0v) is 22.8. The van der Waals surface area contributed by atoms with Crippen LogP contribution in [0, 0.1) is 18.3 Å². The molecule has 42 heavy (non-hydrogen) atoms. The van der Waals surface area contributed by atoms with Crippen molar-refractivity contribution in [3.63, 3.8) is 0 Å². The molecule has 0 saturated carbocycles. The number of hydrogen-bond donors (Lipinski definition) is 0. The molecule has 0 radical (unpaired) electrons. The molecule has 0 unspecified atom stereocenters. The van der Waals surface area contributed by atoms with Gasteiger partial charge in [-0.1, -0.05) is 72.3 Å². The SMILES string of the molecule is Cc1ccc2c(c1)c1ccccc1n2-c1cccc2c1oc1c(-n3c4ccccc4c4cc(C#N)ccc43)cccc12. The fourth-order valence-corrected chi connectivity index (χ4v) is 6.79. The van der Waals surface area contributed by atoms with Gasteiger partial charge in [0.25, 0.3) is 0 Å². The molecule has 0 amide bonds. The van der Waals surface area contributed by atoms with Gasteiger partial charge in [0.2, 0.25) is 0 Å². The third-order valence-corrected chi connectivity index (χ3v) is 8.59. The summed E-state index contributed by atoms with van der Waals surface area (Å²) in [5.74, 6) is 0. The van der Waals surface area contributed by atoms with Gasteiger partial charge in [-0.2, -0.15) is 5.26 Å². The molecule has 0 bridgehead atoms. The van der Waals surface area contributed by atoms with Gasteiger partial charge in [-0.05, 0) is 61.5 Å². The van der Waals surface area contributed by atoms with E-state index in [9.17, 15) is 5.26 Å². The van der Waals surface area contributed by atoms with Gasteiger partial charge in [0.1, 0.15) is 0 Å². The van der Waals surface area contributed by atoms with E-state index in [1.165, 1.54) is 16.3 Å². The standard InChI is InChI=1S/C38H23N3O/c1-23-16-18-33-29(20-23)25-8-2-4-12-31(25)40(33)35-14-6-10-27-28-11-7-15-36(38(28)42-37(27)35)41-32-13-5-3-9-26(32)30-21-24(22-39)17-19-34(30)41/h2-21H,1H3. The minimum Gasteiger partial charge on any atom is -0.452 e. The van der Waals surface area contributed by atoms with Crippen LogP contribution in [0.1, 0.15) is 11.1 Å². The minimum atomic E-state index is 0.651. The van der Waals surface area contributed by atoms with E-state index in [-0.39, 0.29) is 0 Å². The molecule has 196 valence electrons. The lowest BCUT2D eigenvalue weighted by Crippen LogP contribution is -1.94. The average molecular weight is 538 g/mol. The number of aryl methyl sites for hydroxylation is 1. The molecule has 4 nitrogen and oxygen atoms in total. The van der Waals surface area contributed by atoms with Crippen molar-refractivity contribution in [1.82, 2.24) is 9.13 Å². The Morgan fingerprint density at radius 3 is 1.60 bits per heavy atom. The Labute approximate surface area is 240 Å². The van der Waals surface area contributed by atoms with E-state index in [2.05, 4.69) is 119 Å². The molecule has 0 spiro atoms. The summed E-state index contributed by atoms with van der Waals surface area (Å²) in [4.78, 5) is 0. The molecule has 0 atom stereocenters. The van der Waals surface area contributed by atoms with Crippen LogP contribution in [-0.4, -0.2) is 9.13 Å². The van der Waals surface area contributed by atoms with Gasteiger partial charge in [-0.15, -0.1) is 0 Å². The smallest absolute Gasteiger partial charge is 0.159 e.